The third-order valence-electron chi connectivity index (χ3n) is 1.66. The smallest absolute Gasteiger partial charge is 0.443 e. The van der Waals surface area contributed by atoms with E-state index < -0.39 is 12.7 Å². The van der Waals surface area contributed by atoms with Gasteiger partial charge in [0.2, 0.25) is 0 Å². The molecule has 0 aromatic heterocycles. The Bertz CT molecular complexity index is 370. The maximum Gasteiger partial charge on any atom is 1.00 e. The molecule has 0 unspecified atom stereocenters. The SMILES string of the molecule is F/C(=C\C=C\c1ccccc1)[B-](F)(F)F.[K+]. The fourth-order valence-corrected chi connectivity index (χ4v) is 0.924. The molecule has 0 radical (unpaired) electrons. The molecule has 0 saturated heterocycles. The maximum absolute atomic E-state index is 12.3. The topological polar surface area (TPSA) is 0 Å². The molecule has 0 bridgehead atoms. The Hall–Kier alpha value is 0.121. The van der Waals surface area contributed by atoms with Gasteiger partial charge in [-0.3, -0.25) is 0 Å². The number of halogens is 4. The van der Waals surface area contributed by atoms with E-state index in [0.29, 0.717) is 6.08 Å². The molecule has 16 heavy (non-hydrogen) atoms. The third-order valence-corrected chi connectivity index (χ3v) is 1.66. The fourth-order valence-electron chi connectivity index (χ4n) is 0.924. The summed E-state index contributed by atoms with van der Waals surface area (Å²) in [6.07, 6.45) is 2.87. The molecule has 0 fully saturated rings. The normalized spacial score (nSPS) is 12.6. The van der Waals surface area contributed by atoms with E-state index in [0.717, 1.165) is 11.6 Å². The van der Waals surface area contributed by atoms with Crippen LogP contribution >= 0.6 is 0 Å². The standard InChI is InChI=1S/C10H8BF4.K/c12-10(11(13,14)15)8-4-7-9-5-2-1-3-6-9;/h1-8H;/q-1;+1/b7-4+,10-8-;. The molecule has 0 amide bonds. The van der Waals surface area contributed by atoms with Gasteiger partial charge in [-0.2, -0.15) is 0 Å². The summed E-state index contributed by atoms with van der Waals surface area (Å²) in [6, 6.07) is 8.69. The van der Waals surface area contributed by atoms with Crippen molar-refractivity contribution in [2.75, 3.05) is 0 Å². The second-order valence-electron chi connectivity index (χ2n) is 2.90. The molecule has 1 aromatic rings. The summed E-state index contributed by atoms with van der Waals surface area (Å²) in [5.41, 5.74) is -1.32. The molecule has 0 atom stereocenters. The van der Waals surface area contributed by atoms with E-state index in [9.17, 15) is 17.3 Å². The van der Waals surface area contributed by atoms with Gasteiger partial charge >= 0.3 is 58.4 Å². The number of benzene rings is 1. The van der Waals surface area contributed by atoms with Crippen molar-refractivity contribution in [2.24, 2.45) is 0 Å². The summed E-state index contributed by atoms with van der Waals surface area (Å²) >= 11 is 0. The van der Waals surface area contributed by atoms with Crippen LogP contribution in [-0.4, -0.2) is 6.98 Å². The van der Waals surface area contributed by atoms with E-state index in [4.69, 9.17) is 0 Å². The average molecular weight is 254 g/mol. The van der Waals surface area contributed by atoms with Gasteiger partial charge in [-0.05, 0) is 5.56 Å². The van der Waals surface area contributed by atoms with Crippen LogP contribution in [0.5, 0.6) is 0 Å². The number of allylic oxidation sites excluding steroid dienone is 2. The largest absolute Gasteiger partial charge is 1.00 e. The van der Waals surface area contributed by atoms with Crippen LogP contribution in [-0.2, 0) is 0 Å². The second-order valence-corrected chi connectivity index (χ2v) is 2.90. The van der Waals surface area contributed by atoms with Gasteiger partial charge in [0.25, 0.3) is 0 Å². The van der Waals surface area contributed by atoms with E-state index in [-0.39, 0.29) is 51.4 Å². The van der Waals surface area contributed by atoms with Crippen molar-refractivity contribution in [1.82, 2.24) is 0 Å². The molecule has 80 valence electrons. The van der Waals surface area contributed by atoms with Crippen molar-refractivity contribution < 1.29 is 68.7 Å². The van der Waals surface area contributed by atoms with Crippen molar-refractivity contribution in [3.05, 3.63) is 53.8 Å². The summed E-state index contributed by atoms with van der Waals surface area (Å²) in [5, 5.41) is 0. The first-order valence-corrected chi connectivity index (χ1v) is 4.29. The molecular formula is C10H8BF4K. The Morgan fingerprint density at radius 3 is 2.12 bits per heavy atom. The molecular weight excluding hydrogens is 246 g/mol. The van der Waals surface area contributed by atoms with Gasteiger partial charge in [-0.25, -0.2) is 4.39 Å². The van der Waals surface area contributed by atoms with E-state index in [1.54, 1.807) is 30.3 Å². The summed E-state index contributed by atoms with van der Waals surface area (Å²) in [6.45, 7) is -5.51. The summed E-state index contributed by atoms with van der Waals surface area (Å²) in [7, 11) is 0. The number of rotatable bonds is 3. The zero-order valence-corrected chi connectivity index (χ0v) is 11.8. The predicted molar refractivity (Wildman–Crippen MR) is 53.7 cm³/mol. The van der Waals surface area contributed by atoms with Crippen molar-refractivity contribution in [3.63, 3.8) is 0 Å². The van der Waals surface area contributed by atoms with Crippen LogP contribution in [0.2, 0.25) is 0 Å². The van der Waals surface area contributed by atoms with Crippen molar-refractivity contribution in [3.8, 4) is 0 Å². The molecule has 0 N–H and O–H groups in total. The first-order chi connectivity index (χ1) is 7.00. The molecule has 1 rings (SSSR count). The summed E-state index contributed by atoms with van der Waals surface area (Å²) < 4.78 is 47.6. The van der Waals surface area contributed by atoms with Gasteiger partial charge in [-0.15, -0.1) is 0 Å². The molecule has 0 saturated carbocycles. The Kier molecular flexibility index (Phi) is 7.50. The third kappa shape index (κ3) is 6.01. The molecule has 0 spiro atoms. The zero-order valence-electron chi connectivity index (χ0n) is 8.71. The average Bonchev–Trinajstić information content (AvgIpc) is 2.18. The molecule has 1 aromatic carbocycles. The van der Waals surface area contributed by atoms with E-state index in [1.165, 1.54) is 6.08 Å². The van der Waals surface area contributed by atoms with Crippen LogP contribution in [0.25, 0.3) is 6.08 Å². The Balaban J connectivity index is 0.00000225. The van der Waals surface area contributed by atoms with E-state index >= 15 is 0 Å². The van der Waals surface area contributed by atoms with Gasteiger partial charge < -0.3 is 12.9 Å². The number of hydrogen-bond donors (Lipinski definition) is 0. The van der Waals surface area contributed by atoms with E-state index in [2.05, 4.69) is 0 Å². The quantitative estimate of drug-likeness (QED) is 0.428. The molecule has 0 aliphatic heterocycles. The first-order valence-electron chi connectivity index (χ1n) is 4.29. The summed E-state index contributed by atoms with van der Waals surface area (Å²) in [4.78, 5) is 0. The predicted octanol–water partition coefficient (Wildman–Crippen LogP) is 0.944. The van der Waals surface area contributed by atoms with Crippen LogP contribution in [0.4, 0.5) is 17.3 Å². The van der Waals surface area contributed by atoms with Gasteiger partial charge in [0.15, 0.2) is 0 Å². The second kappa shape index (κ2) is 7.45. The molecule has 0 nitrogen and oxygen atoms in total. The monoisotopic (exact) mass is 254 g/mol. The molecule has 6 heteroatoms. The minimum absolute atomic E-state index is 0. The van der Waals surface area contributed by atoms with Gasteiger partial charge in [0.1, 0.15) is 0 Å². The minimum atomic E-state index is -5.51. The maximum atomic E-state index is 12.3. The molecule has 0 aliphatic rings. The van der Waals surface area contributed by atoms with Crippen LogP contribution in [0.15, 0.2) is 48.2 Å². The Labute approximate surface area is 134 Å². The fraction of sp³-hybridized carbons (Fsp3) is 0. The zero-order chi connectivity index (χ0) is 11.3. The first kappa shape index (κ1) is 16.1. The Morgan fingerprint density at radius 2 is 1.62 bits per heavy atom. The van der Waals surface area contributed by atoms with Crippen LogP contribution in [0, 0.1) is 0 Å². The van der Waals surface area contributed by atoms with Gasteiger partial charge in [0, 0.05) is 5.73 Å². The van der Waals surface area contributed by atoms with E-state index in [1.807, 2.05) is 0 Å². The summed E-state index contributed by atoms with van der Waals surface area (Å²) in [5.74, 6) is 0. The Morgan fingerprint density at radius 1 is 1.06 bits per heavy atom. The van der Waals surface area contributed by atoms with Crippen LogP contribution in [0.1, 0.15) is 5.56 Å². The minimum Gasteiger partial charge on any atom is -0.443 e. The molecule has 0 aliphatic carbocycles. The van der Waals surface area contributed by atoms with Crippen molar-refractivity contribution in [1.29, 1.82) is 0 Å². The van der Waals surface area contributed by atoms with Crippen molar-refractivity contribution >= 4 is 13.1 Å². The van der Waals surface area contributed by atoms with Crippen LogP contribution < -0.4 is 51.4 Å². The van der Waals surface area contributed by atoms with Gasteiger partial charge in [0.05, 0.1) is 0 Å². The molecule has 0 heterocycles. The number of hydrogen-bond acceptors (Lipinski definition) is 0. The van der Waals surface area contributed by atoms with Crippen LogP contribution in [0.3, 0.4) is 0 Å². The van der Waals surface area contributed by atoms with Gasteiger partial charge in [-0.1, -0.05) is 48.6 Å². The van der Waals surface area contributed by atoms with Crippen molar-refractivity contribution in [2.45, 2.75) is 0 Å².